The average molecular weight is 265 g/mol. The summed E-state index contributed by atoms with van der Waals surface area (Å²) in [6.45, 7) is 2.56. The number of likely N-dealkylation sites (tertiary alicyclic amines) is 1. The Bertz CT molecular complexity index is 331. The van der Waals surface area contributed by atoms with E-state index in [-0.39, 0.29) is 0 Å². The minimum atomic E-state index is 0.315. The van der Waals surface area contributed by atoms with E-state index in [2.05, 4.69) is 35.2 Å². The second kappa shape index (κ2) is 7.82. The van der Waals surface area contributed by atoms with Crippen molar-refractivity contribution in [2.45, 2.75) is 36.6 Å². The zero-order chi connectivity index (χ0) is 12.6. The summed E-state index contributed by atoms with van der Waals surface area (Å²) in [5.41, 5.74) is 0. The Hall–Kier alpha value is -0.510. The Labute approximate surface area is 114 Å². The van der Waals surface area contributed by atoms with Gasteiger partial charge in [-0.2, -0.15) is 0 Å². The molecule has 0 spiro atoms. The molecule has 0 bridgehead atoms. The SMILES string of the molecule is OCC1CCCCCN1CCSc1ccccc1. The zero-order valence-corrected chi connectivity index (χ0v) is 11.7. The Kier molecular flexibility index (Phi) is 6.05. The maximum atomic E-state index is 9.45. The van der Waals surface area contributed by atoms with Crippen molar-refractivity contribution in [3.63, 3.8) is 0 Å². The maximum Gasteiger partial charge on any atom is 0.0586 e. The molecule has 1 atom stereocenters. The normalized spacial score (nSPS) is 21.7. The Morgan fingerprint density at radius 2 is 2.00 bits per heavy atom. The topological polar surface area (TPSA) is 23.5 Å². The number of nitrogens with zero attached hydrogens (tertiary/aromatic N) is 1. The van der Waals surface area contributed by atoms with Crippen molar-refractivity contribution in [2.24, 2.45) is 0 Å². The van der Waals surface area contributed by atoms with Crippen LogP contribution in [0.25, 0.3) is 0 Å². The molecule has 1 saturated heterocycles. The van der Waals surface area contributed by atoms with Crippen molar-refractivity contribution in [2.75, 3.05) is 25.4 Å². The van der Waals surface area contributed by atoms with Crippen LogP contribution >= 0.6 is 11.8 Å². The first-order valence-electron chi connectivity index (χ1n) is 6.93. The van der Waals surface area contributed by atoms with Crippen molar-refractivity contribution < 1.29 is 5.11 Å². The van der Waals surface area contributed by atoms with E-state index in [1.165, 1.54) is 24.2 Å². The van der Waals surface area contributed by atoms with Crippen molar-refractivity contribution in [1.29, 1.82) is 0 Å². The fourth-order valence-electron chi connectivity index (χ4n) is 2.54. The highest BCUT2D eigenvalue weighted by molar-refractivity contribution is 7.99. The van der Waals surface area contributed by atoms with Crippen LogP contribution in [0, 0.1) is 0 Å². The number of thioether (sulfide) groups is 1. The predicted molar refractivity (Wildman–Crippen MR) is 78.1 cm³/mol. The first-order valence-corrected chi connectivity index (χ1v) is 7.91. The summed E-state index contributed by atoms with van der Waals surface area (Å²) in [5, 5.41) is 9.45. The number of aliphatic hydroxyl groups excluding tert-OH is 1. The molecule has 3 heteroatoms. The number of hydrogen-bond donors (Lipinski definition) is 1. The van der Waals surface area contributed by atoms with E-state index in [0.717, 1.165) is 25.3 Å². The Balaban J connectivity index is 1.77. The Morgan fingerprint density at radius 1 is 1.17 bits per heavy atom. The van der Waals surface area contributed by atoms with Gasteiger partial charge in [-0.15, -0.1) is 11.8 Å². The van der Waals surface area contributed by atoms with Crippen LogP contribution in [0.4, 0.5) is 0 Å². The van der Waals surface area contributed by atoms with E-state index < -0.39 is 0 Å². The van der Waals surface area contributed by atoms with Gasteiger partial charge < -0.3 is 5.11 Å². The van der Waals surface area contributed by atoms with Crippen molar-refractivity contribution in [1.82, 2.24) is 4.90 Å². The standard InChI is InChI=1S/C15H23NOS/c17-13-14-7-3-2-6-10-16(14)11-12-18-15-8-4-1-5-9-15/h1,4-5,8-9,14,17H,2-3,6-7,10-13H2. The van der Waals surface area contributed by atoms with Crippen LogP contribution in [0.5, 0.6) is 0 Å². The molecule has 1 fully saturated rings. The van der Waals surface area contributed by atoms with E-state index in [1.54, 1.807) is 0 Å². The highest BCUT2D eigenvalue weighted by Crippen LogP contribution is 2.20. The van der Waals surface area contributed by atoms with Gasteiger partial charge in [0, 0.05) is 23.2 Å². The molecular weight excluding hydrogens is 242 g/mol. The minimum absolute atomic E-state index is 0.315. The summed E-state index contributed by atoms with van der Waals surface area (Å²) in [5.74, 6) is 1.11. The van der Waals surface area contributed by atoms with Crippen LogP contribution < -0.4 is 0 Å². The molecule has 1 aromatic carbocycles. The molecule has 18 heavy (non-hydrogen) atoms. The van der Waals surface area contributed by atoms with Crippen LogP contribution in [0.15, 0.2) is 35.2 Å². The zero-order valence-electron chi connectivity index (χ0n) is 10.9. The van der Waals surface area contributed by atoms with Crippen molar-refractivity contribution in [3.05, 3.63) is 30.3 Å². The maximum absolute atomic E-state index is 9.45. The fourth-order valence-corrected chi connectivity index (χ4v) is 3.45. The summed E-state index contributed by atoms with van der Waals surface area (Å²) in [4.78, 5) is 3.82. The van der Waals surface area contributed by atoms with E-state index in [9.17, 15) is 5.11 Å². The average Bonchev–Trinajstić information content (AvgIpc) is 2.65. The highest BCUT2D eigenvalue weighted by atomic mass is 32.2. The van der Waals surface area contributed by atoms with Crippen molar-refractivity contribution >= 4 is 11.8 Å². The molecule has 1 aliphatic heterocycles. The minimum Gasteiger partial charge on any atom is -0.395 e. The van der Waals surface area contributed by atoms with Gasteiger partial charge in [0.2, 0.25) is 0 Å². The first kappa shape index (κ1) is 13.9. The van der Waals surface area contributed by atoms with Crippen LogP contribution in [0.3, 0.4) is 0 Å². The van der Waals surface area contributed by atoms with E-state index in [4.69, 9.17) is 0 Å². The van der Waals surface area contributed by atoms with Crippen LogP contribution in [0.2, 0.25) is 0 Å². The van der Waals surface area contributed by atoms with E-state index >= 15 is 0 Å². The predicted octanol–water partition coefficient (Wildman–Crippen LogP) is 3.02. The molecule has 100 valence electrons. The van der Waals surface area contributed by atoms with Gasteiger partial charge in [-0.1, -0.05) is 31.0 Å². The van der Waals surface area contributed by atoms with E-state index in [0.29, 0.717) is 12.6 Å². The molecule has 1 N–H and O–H groups in total. The number of hydrogen-bond acceptors (Lipinski definition) is 3. The molecule has 0 aliphatic carbocycles. The molecule has 2 nitrogen and oxygen atoms in total. The summed E-state index contributed by atoms with van der Waals surface area (Å²) < 4.78 is 0. The third-order valence-electron chi connectivity index (χ3n) is 3.60. The van der Waals surface area contributed by atoms with Gasteiger partial charge in [-0.3, -0.25) is 4.90 Å². The number of rotatable bonds is 5. The second-order valence-electron chi connectivity index (χ2n) is 4.88. The number of aliphatic hydroxyl groups is 1. The lowest BCUT2D eigenvalue weighted by molar-refractivity contribution is 0.131. The van der Waals surface area contributed by atoms with Crippen LogP contribution in [0.1, 0.15) is 25.7 Å². The Morgan fingerprint density at radius 3 is 2.78 bits per heavy atom. The lowest BCUT2D eigenvalue weighted by Crippen LogP contribution is -2.38. The molecule has 0 saturated carbocycles. The van der Waals surface area contributed by atoms with Gasteiger partial charge in [0.15, 0.2) is 0 Å². The molecule has 0 aromatic heterocycles. The second-order valence-corrected chi connectivity index (χ2v) is 6.05. The lowest BCUT2D eigenvalue weighted by Gasteiger charge is -2.28. The van der Waals surface area contributed by atoms with Gasteiger partial charge in [-0.05, 0) is 31.5 Å². The summed E-state index contributed by atoms with van der Waals surface area (Å²) in [6, 6.07) is 11.0. The molecule has 0 amide bonds. The molecular formula is C15H23NOS. The summed E-state index contributed by atoms with van der Waals surface area (Å²) in [7, 11) is 0. The molecule has 1 aromatic rings. The fraction of sp³-hybridized carbons (Fsp3) is 0.600. The first-order chi connectivity index (χ1) is 8.90. The van der Waals surface area contributed by atoms with Gasteiger partial charge >= 0.3 is 0 Å². The van der Waals surface area contributed by atoms with Gasteiger partial charge in [0.05, 0.1) is 6.61 Å². The van der Waals surface area contributed by atoms with Crippen LogP contribution in [-0.2, 0) is 0 Å². The summed E-state index contributed by atoms with van der Waals surface area (Å²) >= 11 is 1.91. The molecule has 1 heterocycles. The largest absolute Gasteiger partial charge is 0.395 e. The third kappa shape index (κ3) is 4.30. The lowest BCUT2D eigenvalue weighted by atomic mass is 10.1. The van der Waals surface area contributed by atoms with Crippen LogP contribution in [-0.4, -0.2) is 41.5 Å². The monoisotopic (exact) mass is 265 g/mol. The number of benzene rings is 1. The molecule has 1 aliphatic rings. The van der Waals surface area contributed by atoms with Crippen molar-refractivity contribution in [3.8, 4) is 0 Å². The molecule has 0 radical (unpaired) electrons. The quantitative estimate of drug-likeness (QED) is 0.828. The smallest absolute Gasteiger partial charge is 0.0586 e. The summed E-state index contributed by atoms with van der Waals surface area (Å²) in [6.07, 6.45) is 5.03. The highest BCUT2D eigenvalue weighted by Gasteiger charge is 2.19. The molecule has 2 rings (SSSR count). The van der Waals surface area contributed by atoms with E-state index in [1.807, 2.05) is 11.8 Å². The molecule has 1 unspecified atom stereocenters. The van der Waals surface area contributed by atoms with Gasteiger partial charge in [-0.25, -0.2) is 0 Å². The van der Waals surface area contributed by atoms with Gasteiger partial charge in [0.1, 0.15) is 0 Å². The third-order valence-corrected chi connectivity index (χ3v) is 4.59. The van der Waals surface area contributed by atoms with Gasteiger partial charge in [0.25, 0.3) is 0 Å².